The minimum absolute atomic E-state index is 0.0446. The van der Waals surface area contributed by atoms with Crippen molar-refractivity contribution in [2.24, 2.45) is 0 Å². The van der Waals surface area contributed by atoms with E-state index in [0.29, 0.717) is 19.3 Å². The Morgan fingerprint density at radius 3 is 2.12 bits per heavy atom. The van der Waals surface area contributed by atoms with Gasteiger partial charge in [0.15, 0.2) is 0 Å². The second kappa shape index (κ2) is 13.4. The van der Waals surface area contributed by atoms with Crippen molar-refractivity contribution in [3.8, 4) is 6.07 Å². The zero-order chi connectivity index (χ0) is 23.2. The summed E-state index contributed by atoms with van der Waals surface area (Å²) in [5, 5.41) is 23.1. The lowest BCUT2D eigenvalue weighted by atomic mass is 10.0. The number of nitrogens with zero attached hydrogens (tertiary/aromatic N) is 1. The fourth-order valence-electron chi connectivity index (χ4n) is 3.05. The molecule has 0 saturated carbocycles. The molecule has 168 valence electrons. The Bertz CT molecular complexity index is 912. The Hall–Kier alpha value is -3.86. The van der Waals surface area contributed by atoms with Crippen molar-refractivity contribution in [3.63, 3.8) is 0 Å². The van der Waals surface area contributed by atoms with E-state index in [9.17, 15) is 19.5 Å². The van der Waals surface area contributed by atoms with Crippen LogP contribution in [-0.4, -0.2) is 35.2 Å². The molecule has 8 heteroatoms. The van der Waals surface area contributed by atoms with E-state index < -0.39 is 30.1 Å². The van der Waals surface area contributed by atoms with Gasteiger partial charge in [0.25, 0.3) is 0 Å². The summed E-state index contributed by atoms with van der Waals surface area (Å²) in [6.45, 7) is 0.0446. The summed E-state index contributed by atoms with van der Waals surface area (Å²) in [7, 11) is 0. The van der Waals surface area contributed by atoms with E-state index in [4.69, 9.17) is 10.00 Å². The Morgan fingerprint density at radius 2 is 1.53 bits per heavy atom. The number of hydrogen-bond donors (Lipinski definition) is 3. The number of aliphatic carboxylic acids is 1. The second-order valence-electron chi connectivity index (χ2n) is 7.25. The van der Waals surface area contributed by atoms with Gasteiger partial charge in [0, 0.05) is 12.8 Å². The molecule has 2 atom stereocenters. The Balaban J connectivity index is 2.02. The highest BCUT2D eigenvalue weighted by atomic mass is 16.5. The lowest BCUT2D eigenvalue weighted by molar-refractivity contribution is -0.142. The summed E-state index contributed by atoms with van der Waals surface area (Å²) >= 11 is 0. The molecule has 2 aromatic carbocycles. The molecular weight excluding hydrogens is 410 g/mol. The third-order valence-corrected chi connectivity index (χ3v) is 4.75. The van der Waals surface area contributed by atoms with Crippen molar-refractivity contribution in [2.75, 3.05) is 0 Å². The molecule has 2 aromatic rings. The minimum Gasteiger partial charge on any atom is -0.480 e. The van der Waals surface area contributed by atoms with Gasteiger partial charge in [0.05, 0.1) is 6.07 Å². The normalized spacial score (nSPS) is 12.1. The number of amides is 2. The highest BCUT2D eigenvalue weighted by molar-refractivity contribution is 5.89. The van der Waals surface area contributed by atoms with E-state index in [1.807, 2.05) is 66.7 Å². The van der Waals surface area contributed by atoms with Crippen molar-refractivity contribution in [1.29, 1.82) is 5.26 Å². The van der Waals surface area contributed by atoms with Gasteiger partial charge in [0.2, 0.25) is 5.91 Å². The van der Waals surface area contributed by atoms with Crippen LogP contribution in [0.3, 0.4) is 0 Å². The van der Waals surface area contributed by atoms with E-state index in [2.05, 4.69) is 10.6 Å². The summed E-state index contributed by atoms with van der Waals surface area (Å²) in [5.41, 5.74) is 1.60. The predicted octanol–water partition coefficient (Wildman–Crippen LogP) is 3.18. The van der Waals surface area contributed by atoms with Crippen LogP contribution in [0.2, 0.25) is 0 Å². The van der Waals surface area contributed by atoms with E-state index in [0.717, 1.165) is 11.1 Å². The lowest BCUT2D eigenvalue weighted by Crippen LogP contribution is -2.52. The largest absolute Gasteiger partial charge is 0.480 e. The summed E-state index contributed by atoms with van der Waals surface area (Å²) < 4.78 is 5.21. The maximum absolute atomic E-state index is 12.9. The minimum atomic E-state index is -1.17. The average Bonchev–Trinajstić information content (AvgIpc) is 2.80. The number of nitriles is 1. The molecule has 0 aliphatic heterocycles. The SMILES string of the molecule is N#CCCCC[C@@H](NC(=O)[C@H](Cc1ccccc1)NC(=O)OCc1ccccc1)C(=O)O. The first-order valence-electron chi connectivity index (χ1n) is 10.4. The fraction of sp³-hybridized carbons (Fsp3) is 0.333. The number of carbonyl (C=O) groups excluding carboxylic acids is 2. The molecular formula is C24H27N3O5. The van der Waals surface area contributed by atoms with Gasteiger partial charge in [-0.25, -0.2) is 9.59 Å². The number of carboxylic acid groups (broad SMARTS) is 1. The number of ether oxygens (including phenoxy) is 1. The quantitative estimate of drug-likeness (QED) is 0.438. The number of hydrogen-bond acceptors (Lipinski definition) is 5. The van der Waals surface area contributed by atoms with E-state index in [1.165, 1.54) is 0 Å². The van der Waals surface area contributed by atoms with Crippen molar-refractivity contribution in [1.82, 2.24) is 10.6 Å². The van der Waals surface area contributed by atoms with Gasteiger partial charge in [-0.05, 0) is 30.4 Å². The van der Waals surface area contributed by atoms with Crippen molar-refractivity contribution in [3.05, 3.63) is 71.8 Å². The Kier molecular flexibility index (Phi) is 10.3. The van der Waals surface area contributed by atoms with Gasteiger partial charge < -0.3 is 20.5 Å². The van der Waals surface area contributed by atoms with Gasteiger partial charge in [-0.2, -0.15) is 5.26 Å². The summed E-state index contributed by atoms with van der Waals surface area (Å²) in [5.74, 6) is -1.78. The molecule has 0 bridgehead atoms. The number of carboxylic acids is 1. The Morgan fingerprint density at radius 1 is 0.906 bits per heavy atom. The highest BCUT2D eigenvalue weighted by Crippen LogP contribution is 2.08. The first kappa shape index (κ1) is 24.4. The van der Waals surface area contributed by atoms with Gasteiger partial charge in [-0.15, -0.1) is 0 Å². The summed E-state index contributed by atoms with van der Waals surface area (Å²) in [6.07, 6.45) is 0.957. The summed E-state index contributed by atoms with van der Waals surface area (Å²) in [4.78, 5) is 36.8. The highest BCUT2D eigenvalue weighted by Gasteiger charge is 2.27. The lowest BCUT2D eigenvalue weighted by Gasteiger charge is -2.21. The van der Waals surface area contributed by atoms with E-state index in [-0.39, 0.29) is 19.4 Å². The molecule has 32 heavy (non-hydrogen) atoms. The predicted molar refractivity (Wildman–Crippen MR) is 117 cm³/mol. The zero-order valence-electron chi connectivity index (χ0n) is 17.7. The Labute approximate surface area is 187 Å². The van der Waals surface area contributed by atoms with Crippen LogP contribution in [0, 0.1) is 11.3 Å². The first-order valence-corrected chi connectivity index (χ1v) is 10.4. The third kappa shape index (κ3) is 8.88. The monoisotopic (exact) mass is 437 g/mol. The molecule has 0 unspecified atom stereocenters. The van der Waals surface area contributed by atoms with Crippen LogP contribution in [0.1, 0.15) is 36.8 Å². The molecule has 0 fully saturated rings. The fourth-order valence-corrected chi connectivity index (χ4v) is 3.05. The van der Waals surface area contributed by atoms with Crippen molar-refractivity contribution < 1.29 is 24.2 Å². The smallest absolute Gasteiger partial charge is 0.408 e. The van der Waals surface area contributed by atoms with E-state index in [1.54, 1.807) is 0 Å². The van der Waals surface area contributed by atoms with Crippen LogP contribution in [0.4, 0.5) is 4.79 Å². The van der Waals surface area contributed by atoms with Gasteiger partial charge in [-0.1, -0.05) is 60.7 Å². The number of unbranched alkanes of at least 4 members (excludes halogenated alkanes) is 2. The maximum atomic E-state index is 12.9. The standard InChI is InChI=1S/C24H27N3O5/c25-15-9-3-8-14-20(23(29)30)26-22(28)21(16-18-10-4-1-5-11-18)27-24(31)32-17-19-12-6-2-7-13-19/h1-2,4-7,10-13,20-21H,3,8-9,14,16-17H2,(H,26,28)(H,27,31)(H,29,30)/t20-,21+/m1/s1. The zero-order valence-corrected chi connectivity index (χ0v) is 17.7. The first-order chi connectivity index (χ1) is 15.5. The number of carbonyl (C=O) groups is 3. The molecule has 0 radical (unpaired) electrons. The van der Waals surface area contributed by atoms with Crippen LogP contribution in [-0.2, 0) is 27.4 Å². The molecule has 8 nitrogen and oxygen atoms in total. The molecule has 2 amide bonds. The second-order valence-corrected chi connectivity index (χ2v) is 7.25. The number of benzene rings is 2. The molecule has 0 spiro atoms. The summed E-state index contributed by atoms with van der Waals surface area (Å²) in [6, 6.07) is 18.1. The molecule has 0 heterocycles. The van der Waals surface area contributed by atoms with Crippen molar-refractivity contribution in [2.45, 2.75) is 50.8 Å². The maximum Gasteiger partial charge on any atom is 0.408 e. The molecule has 0 aromatic heterocycles. The molecule has 0 saturated heterocycles. The van der Waals surface area contributed by atoms with Crippen molar-refractivity contribution >= 4 is 18.0 Å². The van der Waals surface area contributed by atoms with Gasteiger partial charge >= 0.3 is 12.1 Å². The number of alkyl carbamates (subject to hydrolysis) is 1. The molecule has 0 aliphatic rings. The molecule has 3 N–H and O–H groups in total. The number of rotatable bonds is 12. The average molecular weight is 437 g/mol. The molecule has 0 aliphatic carbocycles. The van der Waals surface area contributed by atoms with Gasteiger partial charge in [0.1, 0.15) is 18.7 Å². The van der Waals surface area contributed by atoms with Crippen LogP contribution < -0.4 is 10.6 Å². The van der Waals surface area contributed by atoms with E-state index >= 15 is 0 Å². The van der Waals surface area contributed by atoms with Crippen LogP contribution in [0.5, 0.6) is 0 Å². The number of nitrogens with one attached hydrogen (secondary N) is 2. The van der Waals surface area contributed by atoms with Crippen LogP contribution in [0.25, 0.3) is 0 Å². The van der Waals surface area contributed by atoms with Gasteiger partial charge in [-0.3, -0.25) is 4.79 Å². The van der Waals surface area contributed by atoms with Crippen LogP contribution in [0.15, 0.2) is 60.7 Å². The van der Waals surface area contributed by atoms with Crippen LogP contribution >= 0.6 is 0 Å². The topological polar surface area (TPSA) is 129 Å². The third-order valence-electron chi connectivity index (χ3n) is 4.75. The molecule has 2 rings (SSSR count).